The van der Waals surface area contributed by atoms with Crippen LogP contribution in [0.4, 0.5) is 0 Å². The molecule has 0 unspecified atom stereocenters. The van der Waals surface area contributed by atoms with Gasteiger partial charge in [-0.05, 0) is 65.7 Å². The molecule has 0 heterocycles. The summed E-state index contributed by atoms with van der Waals surface area (Å²) in [7, 11) is -1.59. The van der Waals surface area contributed by atoms with E-state index in [2.05, 4.69) is 72.7 Å². The maximum atomic E-state index is 6.43. The first-order valence-electron chi connectivity index (χ1n) is 7.03. The zero-order chi connectivity index (χ0) is 14.9. The van der Waals surface area contributed by atoms with Crippen LogP contribution in [0.25, 0.3) is 0 Å². The molecule has 0 aliphatic carbocycles. The molecule has 0 spiro atoms. The number of hydrogen-bond acceptors (Lipinski definition) is 0. The van der Waals surface area contributed by atoms with Gasteiger partial charge in [0.05, 0.1) is 15.6 Å². The summed E-state index contributed by atoms with van der Waals surface area (Å²) in [6, 6.07) is 9.09. The van der Waals surface area contributed by atoms with Crippen LogP contribution in [0.1, 0.15) is 54.0 Å². The summed E-state index contributed by atoms with van der Waals surface area (Å²) < 4.78 is 0. The zero-order valence-corrected chi connectivity index (χ0v) is 16.9. The number of halogens is 1. The summed E-state index contributed by atoms with van der Waals surface area (Å²) in [5, 5.41) is 1.75. The van der Waals surface area contributed by atoms with Crippen LogP contribution in [0.2, 0.25) is 0 Å². The third kappa shape index (κ3) is 3.68. The molecule has 0 saturated carbocycles. The van der Waals surface area contributed by atoms with Crippen LogP contribution >= 0.6 is 18.9 Å². The van der Waals surface area contributed by atoms with Crippen molar-refractivity contribution >= 4 is 24.2 Å². The Hall–Kier alpha value is 0.602. The van der Waals surface area contributed by atoms with Gasteiger partial charge in [-0.3, -0.25) is 0 Å². The van der Waals surface area contributed by atoms with E-state index in [0.717, 1.165) is 6.42 Å². The molecule has 118 valence electrons. The molecule has 1 rings (SSSR count). The smallest absolute Gasteiger partial charge is 0.0669 e. The number of rotatable bonds is 3. The van der Waals surface area contributed by atoms with Crippen molar-refractivity contribution in [3.8, 4) is 0 Å². The molecule has 1 aromatic carbocycles. The van der Waals surface area contributed by atoms with E-state index >= 15 is 0 Å². The van der Waals surface area contributed by atoms with Crippen LogP contribution in [-0.4, -0.2) is 10.3 Å². The molecule has 0 aromatic heterocycles. The van der Waals surface area contributed by atoms with E-state index in [0.29, 0.717) is 0 Å². The van der Waals surface area contributed by atoms with Crippen molar-refractivity contribution in [3.63, 3.8) is 0 Å². The number of benzene rings is 1. The predicted molar refractivity (Wildman–Crippen MR) is 92.0 cm³/mol. The summed E-state index contributed by atoms with van der Waals surface area (Å²) in [4.78, 5) is 0. The predicted octanol–water partition coefficient (Wildman–Crippen LogP) is 5.84. The Kier molecular flexibility index (Phi) is 7.46. The normalized spacial score (nSPS) is 13.0. The first-order valence-corrected chi connectivity index (χ1v) is 9.32. The van der Waals surface area contributed by atoms with E-state index in [-0.39, 0.29) is 30.7 Å². The third-order valence-electron chi connectivity index (χ3n) is 4.01. The van der Waals surface area contributed by atoms with E-state index in [4.69, 9.17) is 11.6 Å². The van der Waals surface area contributed by atoms with Gasteiger partial charge in [0.1, 0.15) is 0 Å². The molecular formula is C17H28ClPPd. The number of hydrogen-bond donors (Lipinski definition) is 0. The van der Waals surface area contributed by atoms with E-state index in [1.54, 1.807) is 0 Å². The second kappa shape index (κ2) is 7.24. The average Bonchev–Trinajstić information content (AvgIpc) is 2.27. The SMILES string of the molecule is CCc1ccc([P+]([CH-]Cl)(C(C)(C)C)C(C)(C)C)cc1.[Pd]. The van der Waals surface area contributed by atoms with E-state index in [9.17, 15) is 0 Å². The fourth-order valence-electron chi connectivity index (χ4n) is 3.10. The van der Waals surface area contributed by atoms with Crippen molar-refractivity contribution in [1.29, 1.82) is 0 Å². The molecule has 20 heavy (non-hydrogen) atoms. The van der Waals surface area contributed by atoms with Gasteiger partial charge in [-0.25, -0.2) is 0 Å². The fraction of sp³-hybridized carbons (Fsp3) is 0.588. The summed E-state index contributed by atoms with van der Waals surface area (Å²) in [6.07, 6.45) is 1.08. The zero-order valence-electron chi connectivity index (χ0n) is 13.7. The molecular weight excluding hydrogens is 377 g/mol. The summed E-state index contributed by atoms with van der Waals surface area (Å²) in [6.45, 7) is 16.1. The van der Waals surface area contributed by atoms with Gasteiger partial charge in [-0.1, -0.05) is 31.9 Å². The van der Waals surface area contributed by atoms with Crippen molar-refractivity contribution in [3.05, 3.63) is 35.5 Å². The minimum atomic E-state index is -1.59. The molecule has 3 heteroatoms. The first-order chi connectivity index (χ1) is 8.60. The van der Waals surface area contributed by atoms with Crippen molar-refractivity contribution in [1.82, 2.24) is 0 Å². The molecule has 0 atom stereocenters. The van der Waals surface area contributed by atoms with Crippen molar-refractivity contribution in [2.24, 2.45) is 0 Å². The molecule has 0 nitrogen and oxygen atoms in total. The van der Waals surface area contributed by atoms with E-state index in [1.165, 1.54) is 10.9 Å². The van der Waals surface area contributed by atoms with Crippen LogP contribution < -0.4 is 5.30 Å². The van der Waals surface area contributed by atoms with E-state index in [1.807, 2.05) is 5.62 Å². The Bertz CT molecular complexity index is 398. The molecule has 0 amide bonds. The van der Waals surface area contributed by atoms with Crippen LogP contribution in [0, 0.1) is 5.62 Å². The molecule has 0 aliphatic heterocycles. The van der Waals surface area contributed by atoms with Crippen molar-refractivity contribution in [2.75, 3.05) is 0 Å². The quantitative estimate of drug-likeness (QED) is 0.337. The molecule has 0 saturated heterocycles. The van der Waals surface area contributed by atoms with Gasteiger partial charge >= 0.3 is 0 Å². The first kappa shape index (κ1) is 20.6. The molecule has 0 aliphatic rings. The Morgan fingerprint density at radius 1 is 0.950 bits per heavy atom. The molecule has 0 radical (unpaired) electrons. The van der Waals surface area contributed by atoms with Gasteiger partial charge in [-0.2, -0.15) is 0 Å². The van der Waals surface area contributed by atoms with Crippen molar-refractivity contribution < 1.29 is 20.4 Å². The maximum Gasteiger partial charge on any atom is 0.0669 e. The third-order valence-corrected chi connectivity index (χ3v) is 10.5. The molecule has 0 N–H and O–H groups in total. The minimum Gasteiger partial charge on any atom is -0.304 e. The van der Waals surface area contributed by atoms with Crippen molar-refractivity contribution in [2.45, 2.75) is 65.2 Å². The summed E-state index contributed by atoms with van der Waals surface area (Å²) in [5.41, 5.74) is 3.38. The fourth-order valence-corrected chi connectivity index (χ4v) is 10.1. The topological polar surface area (TPSA) is 0 Å². The van der Waals surface area contributed by atoms with Crippen LogP contribution in [0.3, 0.4) is 0 Å². The van der Waals surface area contributed by atoms with Gasteiger partial charge in [0.25, 0.3) is 0 Å². The number of aryl methyl sites for hydroxylation is 1. The summed E-state index contributed by atoms with van der Waals surface area (Å²) >= 11 is 6.43. The second-order valence-corrected chi connectivity index (χ2v) is 12.6. The van der Waals surface area contributed by atoms with Gasteiger partial charge in [-0.15, -0.1) is 0 Å². The Morgan fingerprint density at radius 2 is 1.35 bits per heavy atom. The van der Waals surface area contributed by atoms with Gasteiger partial charge < -0.3 is 11.6 Å². The monoisotopic (exact) mass is 404 g/mol. The second-order valence-electron chi connectivity index (χ2n) is 7.18. The minimum absolute atomic E-state index is 0. The maximum absolute atomic E-state index is 6.43. The molecule has 0 fully saturated rings. The molecule has 0 bridgehead atoms. The average molecular weight is 405 g/mol. The Balaban J connectivity index is 0.00000361. The Morgan fingerprint density at radius 3 is 1.60 bits per heavy atom. The van der Waals surface area contributed by atoms with Crippen LogP contribution in [0.15, 0.2) is 24.3 Å². The van der Waals surface area contributed by atoms with Gasteiger partial charge in [0.15, 0.2) is 0 Å². The van der Waals surface area contributed by atoms with E-state index < -0.39 is 7.26 Å². The largest absolute Gasteiger partial charge is 0.304 e. The van der Waals surface area contributed by atoms with Crippen LogP contribution in [-0.2, 0) is 26.8 Å². The van der Waals surface area contributed by atoms with Gasteiger partial charge in [0.2, 0.25) is 0 Å². The standard InChI is InChI=1S/C17H28ClP.Pd/c1-8-14-9-11-15(12-10-14)19(13-18,16(2,3)4)17(5,6)7;/h9-13H,8H2,1-7H3;. The van der Waals surface area contributed by atoms with Crippen LogP contribution in [0.5, 0.6) is 0 Å². The van der Waals surface area contributed by atoms with Gasteiger partial charge in [0, 0.05) is 20.4 Å². The Labute approximate surface area is 145 Å². The molecule has 1 aromatic rings. The summed E-state index contributed by atoms with van der Waals surface area (Å²) in [5.74, 6) is 0.